The molecular weight excluding hydrogens is 590 g/mol. The molecule has 0 saturated carbocycles. The lowest BCUT2D eigenvalue weighted by atomic mass is 10.0. The number of nitrogens with one attached hydrogen (secondary N) is 1. The molecule has 48 heavy (non-hydrogen) atoms. The number of allylic oxidation sites excluding steroid dienone is 3. The number of hydrogen-bond acceptors (Lipinski definition) is 3. The normalized spacial score (nSPS) is 13.2. The first kappa shape index (κ1) is 46.9. The van der Waals surface area contributed by atoms with E-state index in [4.69, 9.17) is 0 Å². The van der Waals surface area contributed by atoms with Crippen molar-refractivity contribution in [2.24, 2.45) is 0 Å². The van der Waals surface area contributed by atoms with Crippen molar-refractivity contribution >= 4 is 5.91 Å². The van der Waals surface area contributed by atoms with E-state index < -0.39 is 12.1 Å². The van der Waals surface area contributed by atoms with Gasteiger partial charge < -0.3 is 15.5 Å². The fourth-order valence-electron chi connectivity index (χ4n) is 6.61. The maximum Gasteiger partial charge on any atom is 0.220 e. The largest absolute Gasteiger partial charge is 0.394 e. The zero-order chi connectivity index (χ0) is 35.0. The van der Waals surface area contributed by atoms with Gasteiger partial charge in [0.1, 0.15) is 0 Å². The minimum atomic E-state index is -0.855. The molecule has 3 N–H and O–H groups in total. The maximum absolute atomic E-state index is 12.1. The summed E-state index contributed by atoms with van der Waals surface area (Å²) in [6.07, 6.45) is 52.0. The highest BCUT2D eigenvalue weighted by Gasteiger charge is 2.17. The lowest BCUT2D eigenvalue weighted by Gasteiger charge is -2.19. The summed E-state index contributed by atoms with van der Waals surface area (Å²) in [7, 11) is 0. The van der Waals surface area contributed by atoms with Crippen LogP contribution in [-0.2, 0) is 4.79 Å². The second kappa shape index (κ2) is 40.3. The molecule has 4 heteroatoms. The van der Waals surface area contributed by atoms with Crippen molar-refractivity contribution in [2.45, 2.75) is 244 Å². The Balaban J connectivity index is 3.40. The van der Waals surface area contributed by atoms with Crippen LogP contribution in [-0.4, -0.2) is 34.9 Å². The van der Waals surface area contributed by atoms with Crippen LogP contribution in [0.4, 0.5) is 0 Å². The first-order valence-electron chi connectivity index (χ1n) is 21.6. The molecule has 2 unspecified atom stereocenters. The van der Waals surface area contributed by atoms with Crippen molar-refractivity contribution in [2.75, 3.05) is 6.61 Å². The van der Waals surface area contributed by atoms with Crippen LogP contribution in [0.25, 0.3) is 0 Å². The molecule has 0 aliphatic rings. The maximum atomic E-state index is 12.1. The third-order valence-corrected chi connectivity index (χ3v) is 9.94. The highest BCUT2D eigenvalue weighted by molar-refractivity contribution is 5.76. The lowest BCUT2D eigenvalue weighted by molar-refractivity contribution is -0.123. The number of hydrogen-bond donors (Lipinski definition) is 3. The van der Waals surface area contributed by atoms with Crippen LogP contribution in [0.1, 0.15) is 232 Å². The quantitative estimate of drug-likeness (QED) is 0.0448. The fraction of sp³-hybridized carbons (Fsp3) is 0.886. The van der Waals surface area contributed by atoms with Crippen LogP contribution >= 0.6 is 0 Å². The zero-order valence-corrected chi connectivity index (χ0v) is 32.5. The summed E-state index contributed by atoms with van der Waals surface area (Å²) in [5.74, 6) is -0.0863. The van der Waals surface area contributed by atoms with Gasteiger partial charge in [0, 0.05) is 6.42 Å². The van der Waals surface area contributed by atoms with Crippen molar-refractivity contribution in [3.8, 4) is 0 Å². The molecule has 0 aromatic carbocycles. The molecule has 2 atom stereocenters. The van der Waals surface area contributed by atoms with Crippen molar-refractivity contribution in [1.82, 2.24) is 5.32 Å². The van der Waals surface area contributed by atoms with Crippen molar-refractivity contribution in [3.63, 3.8) is 0 Å². The van der Waals surface area contributed by atoms with E-state index in [0.29, 0.717) is 6.42 Å². The van der Waals surface area contributed by atoms with E-state index in [9.17, 15) is 15.0 Å². The molecule has 0 heterocycles. The number of aliphatic hydroxyl groups excluding tert-OH is 2. The second-order valence-corrected chi connectivity index (χ2v) is 14.8. The molecule has 4 nitrogen and oxygen atoms in total. The summed E-state index contributed by atoms with van der Waals surface area (Å²) in [5.41, 5.74) is 0. The van der Waals surface area contributed by atoms with Gasteiger partial charge in [0.05, 0.1) is 18.8 Å². The van der Waals surface area contributed by atoms with E-state index >= 15 is 0 Å². The van der Waals surface area contributed by atoms with Gasteiger partial charge >= 0.3 is 0 Å². The van der Waals surface area contributed by atoms with E-state index in [0.717, 1.165) is 38.5 Å². The predicted molar refractivity (Wildman–Crippen MR) is 212 cm³/mol. The van der Waals surface area contributed by atoms with Gasteiger partial charge in [-0.15, -0.1) is 0 Å². The smallest absolute Gasteiger partial charge is 0.220 e. The molecule has 0 aromatic rings. The Morgan fingerprint density at radius 1 is 0.479 bits per heavy atom. The third-order valence-electron chi connectivity index (χ3n) is 9.94. The SMILES string of the molecule is CCCCCCCCCCCCCCCCCCCCCCCCCCC/C=C/CC/C=C/C(O)C(CO)NC(=O)CCCCCCC. The van der Waals surface area contributed by atoms with E-state index in [1.54, 1.807) is 6.08 Å². The van der Waals surface area contributed by atoms with Gasteiger partial charge in [0.2, 0.25) is 5.91 Å². The number of amides is 1. The molecule has 0 aliphatic heterocycles. The number of rotatable bonds is 39. The fourth-order valence-corrected chi connectivity index (χ4v) is 6.61. The van der Waals surface area contributed by atoms with Crippen molar-refractivity contribution in [1.29, 1.82) is 0 Å². The van der Waals surface area contributed by atoms with E-state index in [2.05, 4.69) is 31.3 Å². The first-order valence-corrected chi connectivity index (χ1v) is 21.6. The molecule has 0 fully saturated rings. The number of carbonyl (C=O) groups excluding carboxylic acids is 1. The lowest BCUT2D eigenvalue weighted by Crippen LogP contribution is -2.45. The van der Waals surface area contributed by atoms with Gasteiger partial charge in [-0.2, -0.15) is 0 Å². The van der Waals surface area contributed by atoms with E-state index in [1.165, 1.54) is 173 Å². The minimum absolute atomic E-state index is 0.0863. The van der Waals surface area contributed by atoms with Gasteiger partial charge in [0.15, 0.2) is 0 Å². The van der Waals surface area contributed by atoms with Gasteiger partial charge in [-0.05, 0) is 32.1 Å². The molecule has 0 spiro atoms. The number of unbranched alkanes of at least 4 members (excludes halogenated alkanes) is 30. The van der Waals surface area contributed by atoms with Crippen LogP contribution in [0.15, 0.2) is 24.3 Å². The highest BCUT2D eigenvalue weighted by Crippen LogP contribution is 2.16. The van der Waals surface area contributed by atoms with Crippen molar-refractivity contribution in [3.05, 3.63) is 24.3 Å². The summed E-state index contributed by atoms with van der Waals surface area (Å²) < 4.78 is 0. The molecule has 0 radical (unpaired) electrons. The Kier molecular flexibility index (Phi) is 39.4. The van der Waals surface area contributed by atoms with Crippen LogP contribution in [0.3, 0.4) is 0 Å². The van der Waals surface area contributed by atoms with Gasteiger partial charge in [-0.1, -0.05) is 218 Å². The molecule has 0 saturated heterocycles. The Bertz CT molecular complexity index is 691. The van der Waals surface area contributed by atoms with Gasteiger partial charge in [-0.3, -0.25) is 4.79 Å². The molecule has 284 valence electrons. The molecule has 1 amide bonds. The summed E-state index contributed by atoms with van der Waals surface area (Å²) in [4.78, 5) is 12.1. The summed E-state index contributed by atoms with van der Waals surface area (Å²) in [5, 5.41) is 22.7. The Hall–Kier alpha value is -1.13. The summed E-state index contributed by atoms with van der Waals surface area (Å²) >= 11 is 0. The van der Waals surface area contributed by atoms with E-state index in [-0.39, 0.29) is 12.5 Å². The Morgan fingerprint density at radius 2 is 0.812 bits per heavy atom. The Morgan fingerprint density at radius 3 is 1.21 bits per heavy atom. The third kappa shape index (κ3) is 36.2. The average molecular weight is 676 g/mol. The van der Waals surface area contributed by atoms with Crippen molar-refractivity contribution < 1.29 is 15.0 Å². The minimum Gasteiger partial charge on any atom is -0.394 e. The molecule has 0 aliphatic carbocycles. The highest BCUT2D eigenvalue weighted by atomic mass is 16.3. The zero-order valence-electron chi connectivity index (χ0n) is 32.5. The number of carbonyl (C=O) groups is 1. The molecular formula is C44H85NO3. The molecule has 0 bridgehead atoms. The van der Waals surface area contributed by atoms with E-state index in [1.807, 2.05) is 6.08 Å². The van der Waals surface area contributed by atoms with Gasteiger partial charge in [0.25, 0.3) is 0 Å². The first-order chi connectivity index (χ1) is 23.7. The van der Waals surface area contributed by atoms with Gasteiger partial charge in [-0.25, -0.2) is 0 Å². The van der Waals surface area contributed by atoms with Crippen LogP contribution in [0.2, 0.25) is 0 Å². The summed E-state index contributed by atoms with van der Waals surface area (Å²) in [6, 6.07) is -0.631. The van der Waals surface area contributed by atoms with Crippen LogP contribution < -0.4 is 5.32 Å². The molecule has 0 aromatic heterocycles. The molecule has 0 rings (SSSR count). The number of aliphatic hydroxyl groups is 2. The Labute approximate surface area is 300 Å². The predicted octanol–water partition coefficient (Wildman–Crippen LogP) is 13.2. The topological polar surface area (TPSA) is 69.6 Å². The van der Waals surface area contributed by atoms with Crippen LogP contribution in [0, 0.1) is 0 Å². The van der Waals surface area contributed by atoms with Crippen LogP contribution in [0.5, 0.6) is 0 Å². The standard InChI is InChI=1S/C44H85NO3/c1-3-5-7-9-10-11-12-13-14-15-16-17-18-19-20-21-22-23-24-25-26-27-28-29-30-31-32-33-34-36-37-39-43(47)42(41-46)45-44(48)40-38-35-8-6-4-2/h32-33,37,39,42-43,46-47H,3-31,34-36,38,40-41H2,1-2H3,(H,45,48)/b33-32+,39-37+. The summed E-state index contributed by atoms with van der Waals surface area (Å²) in [6.45, 7) is 4.22. The monoisotopic (exact) mass is 676 g/mol. The average Bonchev–Trinajstić information content (AvgIpc) is 3.09. The second-order valence-electron chi connectivity index (χ2n) is 14.8.